The number of aromatic nitrogens is 2. The van der Waals surface area contributed by atoms with Gasteiger partial charge < -0.3 is 19.1 Å². The number of rotatable bonds is 5. The van der Waals surface area contributed by atoms with Gasteiger partial charge in [0.25, 0.3) is 6.43 Å². The van der Waals surface area contributed by atoms with Crippen molar-refractivity contribution >= 4 is 51.7 Å². The Morgan fingerprint density at radius 1 is 1.19 bits per heavy atom. The molecule has 1 atom stereocenters. The molecular weight excluding hydrogens is 513 g/mol. The molecule has 3 aromatic rings. The number of alkyl halides is 2. The summed E-state index contributed by atoms with van der Waals surface area (Å²) in [6.07, 6.45) is -1.75. The lowest BCUT2D eigenvalue weighted by atomic mass is 10.1. The molecule has 2 fully saturated rings. The Morgan fingerprint density at radius 3 is 2.58 bits per heavy atom. The minimum Gasteiger partial charge on any atom is -0.373 e. The largest absolute Gasteiger partial charge is 0.373 e. The maximum Gasteiger partial charge on any atom is 0.263 e. The molecule has 2 amide bonds. The standard InChI is InChI=1S/C25H24Cl2F2N4O3/c1-14(34)31-7-8-36-17(12-31)13-33-21-5-4-15(24(28)29)9-20(21)30-25(33)23-18(26)10-16(11-19(23)27)32-6-2-3-22(32)35/h4-5,9-11,17,24H,2-3,6-8,12-13H2,1H3/t17-/m1/s1. The number of hydrogen-bond donors (Lipinski definition) is 0. The molecule has 0 radical (unpaired) electrons. The highest BCUT2D eigenvalue weighted by Crippen LogP contribution is 2.40. The normalized spacial score (nSPS) is 18.6. The average Bonchev–Trinajstić information content (AvgIpc) is 3.42. The van der Waals surface area contributed by atoms with Crippen molar-refractivity contribution in [2.75, 3.05) is 31.1 Å². The van der Waals surface area contributed by atoms with Crippen LogP contribution >= 0.6 is 23.2 Å². The van der Waals surface area contributed by atoms with Gasteiger partial charge in [-0.05, 0) is 30.7 Å². The van der Waals surface area contributed by atoms with E-state index in [4.69, 9.17) is 27.9 Å². The van der Waals surface area contributed by atoms with Crippen molar-refractivity contribution in [3.8, 4) is 11.4 Å². The second kappa shape index (κ2) is 9.95. The summed E-state index contributed by atoms with van der Waals surface area (Å²) in [4.78, 5) is 32.2. The summed E-state index contributed by atoms with van der Waals surface area (Å²) in [6, 6.07) is 7.66. The molecule has 0 N–H and O–H groups in total. The molecule has 2 aliphatic heterocycles. The van der Waals surface area contributed by atoms with E-state index in [0.29, 0.717) is 67.3 Å². The van der Waals surface area contributed by atoms with Gasteiger partial charge >= 0.3 is 0 Å². The van der Waals surface area contributed by atoms with Gasteiger partial charge in [-0.3, -0.25) is 9.59 Å². The molecule has 2 aromatic carbocycles. The fourth-order valence-corrected chi connectivity index (χ4v) is 5.47. The summed E-state index contributed by atoms with van der Waals surface area (Å²) >= 11 is 13.4. The highest BCUT2D eigenvalue weighted by atomic mass is 35.5. The number of hydrogen-bond acceptors (Lipinski definition) is 4. The number of fused-ring (bicyclic) bond motifs is 1. The van der Waals surface area contributed by atoms with Crippen LogP contribution in [0.1, 0.15) is 31.8 Å². The van der Waals surface area contributed by atoms with E-state index in [1.54, 1.807) is 28.0 Å². The molecule has 2 aliphatic rings. The molecule has 1 aromatic heterocycles. The molecule has 0 spiro atoms. The number of ether oxygens (including phenoxy) is 1. The molecule has 0 saturated carbocycles. The third-order valence-electron chi connectivity index (χ3n) is 6.63. The fourth-order valence-electron chi connectivity index (χ4n) is 4.83. The first-order valence-corrected chi connectivity index (χ1v) is 12.4. The second-order valence-electron chi connectivity index (χ2n) is 8.99. The van der Waals surface area contributed by atoms with Crippen LogP contribution in [0.25, 0.3) is 22.4 Å². The van der Waals surface area contributed by atoms with E-state index < -0.39 is 6.43 Å². The lowest BCUT2D eigenvalue weighted by Crippen LogP contribution is -2.46. The van der Waals surface area contributed by atoms with Crippen LogP contribution in [0.2, 0.25) is 10.0 Å². The van der Waals surface area contributed by atoms with Crippen molar-refractivity contribution in [1.29, 1.82) is 0 Å². The van der Waals surface area contributed by atoms with Gasteiger partial charge in [-0.1, -0.05) is 29.3 Å². The highest BCUT2D eigenvalue weighted by molar-refractivity contribution is 6.39. The van der Waals surface area contributed by atoms with Crippen LogP contribution in [0.5, 0.6) is 0 Å². The minimum atomic E-state index is -2.64. The molecular formula is C25H24Cl2F2N4O3. The van der Waals surface area contributed by atoms with Gasteiger partial charge in [-0.25, -0.2) is 13.8 Å². The third kappa shape index (κ3) is 4.67. The quantitative estimate of drug-likeness (QED) is 0.442. The molecule has 5 rings (SSSR count). The van der Waals surface area contributed by atoms with Gasteiger partial charge in [-0.2, -0.15) is 0 Å². The second-order valence-corrected chi connectivity index (χ2v) is 9.80. The van der Waals surface area contributed by atoms with Gasteiger partial charge in [0.2, 0.25) is 11.8 Å². The molecule has 11 heteroatoms. The Kier molecular flexibility index (Phi) is 6.89. The summed E-state index contributed by atoms with van der Waals surface area (Å²) < 4.78 is 34.6. The van der Waals surface area contributed by atoms with E-state index >= 15 is 0 Å². The van der Waals surface area contributed by atoms with Crippen molar-refractivity contribution in [1.82, 2.24) is 14.5 Å². The van der Waals surface area contributed by atoms with Gasteiger partial charge in [-0.15, -0.1) is 0 Å². The van der Waals surface area contributed by atoms with Gasteiger partial charge in [0.05, 0.1) is 45.9 Å². The fraction of sp³-hybridized carbons (Fsp3) is 0.400. The minimum absolute atomic E-state index is 0.00567. The van der Waals surface area contributed by atoms with E-state index in [1.165, 1.54) is 19.1 Å². The third-order valence-corrected chi connectivity index (χ3v) is 7.23. The predicted octanol–water partition coefficient (Wildman–Crippen LogP) is 5.32. The molecule has 36 heavy (non-hydrogen) atoms. The van der Waals surface area contributed by atoms with Crippen molar-refractivity contribution < 1.29 is 23.1 Å². The van der Waals surface area contributed by atoms with Gasteiger partial charge in [0, 0.05) is 44.2 Å². The number of imidazole rings is 1. The number of nitrogens with zero attached hydrogens (tertiary/aromatic N) is 4. The van der Waals surface area contributed by atoms with Crippen LogP contribution in [0.15, 0.2) is 30.3 Å². The lowest BCUT2D eigenvalue weighted by Gasteiger charge is -2.33. The smallest absolute Gasteiger partial charge is 0.263 e. The monoisotopic (exact) mass is 536 g/mol. The highest BCUT2D eigenvalue weighted by Gasteiger charge is 2.28. The van der Waals surface area contributed by atoms with Crippen molar-refractivity contribution in [2.45, 2.75) is 38.8 Å². The molecule has 0 bridgehead atoms. The van der Waals surface area contributed by atoms with Crippen LogP contribution in [-0.4, -0.2) is 58.6 Å². The molecule has 7 nitrogen and oxygen atoms in total. The maximum atomic E-state index is 13.4. The van der Waals surface area contributed by atoms with E-state index in [-0.39, 0.29) is 33.5 Å². The van der Waals surface area contributed by atoms with Crippen LogP contribution in [-0.2, 0) is 20.9 Å². The van der Waals surface area contributed by atoms with Crippen molar-refractivity contribution in [2.24, 2.45) is 0 Å². The first-order valence-electron chi connectivity index (χ1n) is 11.7. The molecule has 190 valence electrons. The summed E-state index contributed by atoms with van der Waals surface area (Å²) in [5, 5.41) is 0.579. The van der Waals surface area contributed by atoms with Crippen molar-refractivity contribution in [3.63, 3.8) is 0 Å². The van der Waals surface area contributed by atoms with E-state index in [0.717, 1.165) is 6.42 Å². The Bertz CT molecular complexity index is 1320. The Morgan fingerprint density at radius 2 is 1.94 bits per heavy atom. The summed E-state index contributed by atoms with van der Waals surface area (Å²) in [5.41, 5.74) is 1.88. The number of carbonyl (C=O) groups excluding carboxylic acids is 2. The number of anilines is 1. The average molecular weight is 537 g/mol. The first kappa shape index (κ1) is 24.9. The van der Waals surface area contributed by atoms with E-state index in [1.807, 2.05) is 4.57 Å². The Labute approximate surface area is 216 Å². The van der Waals surface area contributed by atoms with Crippen LogP contribution in [0, 0.1) is 0 Å². The summed E-state index contributed by atoms with van der Waals surface area (Å²) in [5.74, 6) is 0.360. The Hall–Kier alpha value is -2.75. The zero-order valence-electron chi connectivity index (χ0n) is 19.5. The van der Waals surface area contributed by atoms with Crippen LogP contribution in [0.4, 0.5) is 14.5 Å². The molecule has 0 aliphatic carbocycles. The SMILES string of the molecule is CC(=O)N1CCO[C@@H](Cn2c(-c3c(Cl)cc(N4CCCC4=O)cc3Cl)nc3cc(C(F)F)ccc32)C1. The maximum absolute atomic E-state index is 13.4. The van der Waals surface area contributed by atoms with Gasteiger partial charge in [0.15, 0.2) is 0 Å². The molecule has 0 unspecified atom stereocenters. The van der Waals surface area contributed by atoms with Crippen molar-refractivity contribution in [3.05, 3.63) is 45.9 Å². The molecule has 3 heterocycles. The number of morpholine rings is 1. The van der Waals surface area contributed by atoms with E-state index in [2.05, 4.69) is 4.98 Å². The zero-order valence-corrected chi connectivity index (χ0v) is 21.0. The zero-order chi connectivity index (χ0) is 25.6. The van der Waals surface area contributed by atoms with Gasteiger partial charge in [0.1, 0.15) is 5.82 Å². The van der Waals surface area contributed by atoms with Crippen LogP contribution < -0.4 is 4.90 Å². The van der Waals surface area contributed by atoms with E-state index in [9.17, 15) is 18.4 Å². The summed E-state index contributed by atoms with van der Waals surface area (Å²) in [7, 11) is 0. The number of carbonyl (C=O) groups is 2. The topological polar surface area (TPSA) is 67.7 Å². The Balaban J connectivity index is 1.60. The predicted molar refractivity (Wildman–Crippen MR) is 134 cm³/mol. The van der Waals surface area contributed by atoms with Crippen LogP contribution in [0.3, 0.4) is 0 Å². The number of amides is 2. The number of halogens is 4. The number of benzene rings is 2. The lowest BCUT2D eigenvalue weighted by molar-refractivity contribution is -0.136. The summed E-state index contributed by atoms with van der Waals surface area (Å²) in [6.45, 7) is 3.70. The first-order chi connectivity index (χ1) is 17.2. The molecule has 2 saturated heterocycles.